The molecule has 0 spiro atoms. The summed E-state index contributed by atoms with van der Waals surface area (Å²) in [5.41, 5.74) is 2.30. The van der Waals surface area contributed by atoms with Crippen molar-refractivity contribution < 1.29 is 13.6 Å². The molecule has 2 aromatic carbocycles. The molecule has 4 rings (SSSR count). The average Bonchev–Trinajstić information content (AvgIpc) is 3.05. The number of fused-ring (bicyclic) bond motifs is 1. The number of amides is 1. The third kappa shape index (κ3) is 3.19. The standard InChI is InChI=1S/C22H17FN2O2/c1-14-16-10-7-11-17(23)21(16)27-20(14)22(26)25-19(15-8-3-2-4-9-15)18-12-5-6-13-24-18/h2-13,19H,1H3,(H,25,26)/t19-/m0/s1. The molecule has 0 unspecified atom stereocenters. The Bertz CT molecular complexity index is 1050. The summed E-state index contributed by atoms with van der Waals surface area (Å²) in [5, 5.41) is 3.56. The Hall–Kier alpha value is -3.47. The molecule has 5 heteroatoms. The number of benzene rings is 2. The number of hydrogen-bond acceptors (Lipinski definition) is 3. The van der Waals surface area contributed by atoms with Crippen LogP contribution in [0.3, 0.4) is 0 Å². The van der Waals surface area contributed by atoms with Crippen LogP contribution in [0.25, 0.3) is 11.0 Å². The summed E-state index contributed by atoms with van der Waals surface area (Å²) in [6.45, 7) is 1.75. The number of carbonyl (C=O) groups is 1. The number of para-hydroxylation sites is 1. The number of pyridine rings is 1. The Morgan fingerprint density at radius 2 is 1.81 bits per heavy atom. The summed E-state index contributed by atoms with van der Waals surface area (Å²) >= 11 is 0. The smallest absolute Gasteiger partial charge is 0.288 e. The summed E-state index contributed by atoms with van der Waals surface area (Å²) in [4.78, 5) is 17.3. The maximum absolute atomic E-state index is 14.0. The lowest BCUT2D eigenvalue weighted by molar-refractivity contribution is 0.0915. The maximum Gasteiger partial charge on any atom is 0.288 e. The minimum Gasteiger partial charge on any atom is -0.448 e. The Morgan fingerprint density at radius 1 is 1.04 bits per heavy atom. The second kappa shape index (κ2) is 7.03. The fourth-order valence-corrected chi connectivity index (χ4v) is 3.14. The van der Waals surface area contributed by atoms with Gasteiger partial charge >= 0.3 is 0 Å². The fraction of sp³-hybridized carbons (Fsp3) is 0.0909. The second-order valence-corrected chi connectivity index (χ2v) is 6.24. The topological polar surface area (TPSA) is 55.1 Å². The predicted molar refractivity (Wildman–Crippen MR) is 101 cm³/mol. The van der Waals surface area contributed by atoms with E-state index in [1.165, 1.54) is 6.07 Å². The van der Waals surface area contributed by atoms with Gasteiger partial charge in [0.1, 0.15) is 0 Å². The van der Waals surface area contributed by atoms with Gasteiger partial charge in [0.2, 0.25) is 0 Å². The van der Waals surface area contributed by atoms with E-state index in [2.05, 4.69) is 10.3 Å². The molecule has 27 heavy (non-hydrogen) atoms. The largest absolute Gasteiger partial charge is 0.448 e. The van der Waals surface area contributed by atoms with E-state index in [0.717, 1.165) is 5.56 Å². The minimum atomic E-state index is -0.487. The number of halogens is 1. The van der Waals surface area contributed by atoms with Crippen molar-refractivity contribution in [1.82, 2.24) is 10.3 Å². The third-order valence-electron chi connectivity index (χ3n) is 4.51. The van der Waals surface area contributed by atoms with Crippen LogP contribution in [0.4, 0.5) is 4.39 Å². The summed E-state index contributed by atoms with van der Waals surface area (Å²) < 4.78 is 19.6. The molecule has 2 heterocycles. The molecule has 1 N–H and O–H groups in total. The normalized spacial score (nSPS) is 12.1. The van der Waals surface area contributed by atoms with Crippen LogP contribution in [-0.4, -0.2) is 10.9 Å². The van der Waals surface area contributed by atoms with Crippen LogP contribution in [0.15, 0.2) is 77.3 Å². The minimum absolute atomic E-state index is 0.0919. The van der Waals surface area contributed by atoms with Crippen molar-refractivity contribution in [2.75, 3.05) is 0 Å². The Morgan fingerprint density at radius 3 is 2.52 bits per heavy atom. The molecular formula is C22H17FN2O2. The van der Waals surface area contributed by atoms with Crippen LogP contribution in [0.2, 0.25) is 0 Å². The van der Waals surface area contributed by atoms with Gasteiger partial charge in [-0.05, 0) is 30.7 Å². The number of hydrogen-bond donors (Lipinski definition) is 1. The number of rotatable bonds is 4. The lowest BCUT2D eigenvalue weighted by Gasteiger charge is -2.18. The predicted octanol–water partition coefficient (Wildman–Crippen LogP) is 4.79. The number of aromatic nitrogens is 1. The van der Waals surface area contributed by atoms with Crippen LogP contribution >= 0.6 is 0 Å². The van der Waals surface area contributed by atoms with Gasteiger partial charge < -0.3 is 9.73 Å². The van der Waals surface area contributed by atoms with Crippen molar-refractivity contribution in [3.8, 4) is 0 Å². The van der Waals surface area contributed by atoms with Crippen molar-refractivity contribution in [2.24, 2.45) is 0 Å². The first-order valence-corrected chi connectivity index (χ1v) is 8.59. The molecule has 0 fully saturated rings. The molecule has 0 aliphatic carbocycles. The van der Waals surface area contributed by atoms with E-state index >= 15 is 0 Å². The van der Waals surface area contributed by atoms with Gasteiger partial charge in [-0.15, -0.1) is 0 Å². The van der Waals surface area contributed by atoms with Gasteiger partial charge in [0.15, 0.2) is 17.2 Å². The Labute approximate surface area is 155 Å². The molecule has 4 aromatic rings. The van der Waals surface area contributed by atoms with Crippen molar-refractivity contribution in [3.63, 3.8) is 0 Å². The molecule has 0 saturated carbocycles. The molecular weight excluding hydrogens is 343 g/mol. The molecule has 4 nitrogen and oxygen atoms in total. The molecule has 0 aliphatic heterocycles. The zero-order chi connectivity index (χ0) is 18.8. The van der Waals surface area contributed by atoms with Crippen molar-refractivity contribution in [2.45, 2.75) is 13.0 Å². The highest BCUT2D eigenvalue weighted by Gasteiger charge is 2.24. The van der Waals surface area contributed by atoms with Crippen LogP contribution in [0, 0.1) is 12.7 Å². The summed E-state index contributed by atoms with van der Waals surface area (Å²) in [5.74, 6) is -0.798. The highest BCUT2D eigenvalue weighted by molar-refractivity contribution is 5.99. The average molecular weight is 360 g/mol. The molecule has 134 valence electrons. The molecule has 1 amide bonds. The van der Waals surface area contributed by atoms with Gasteiger partial charge in [-0.2, -0.15) is 0 Å². The molecule has 1 atom stereocenters. The van der Waals surface area contributed by atoms with E-state index < -0.39 is 17.8 Å². The molecule has 0 aliphatic rings. The summed E-state index contributed by atoms with van der Waals surface area (Å²) in [6, 6.07) is 19.3. The fourth-order valence-electron chi connectivity index (χ4n) is 3.14. The van der Waals surface area contributed by atoms with Crippen LogP contribution < -0.4 is 5.32 Å². The summed E-state index contributed by atoms with van der Waals surface area (Å²) in [6.07, 6.45) is 1.68. The SMILES string of the molecule is Cc1c(C(=O)N[C@@H](c2ccccc2)c2ccccn2)oc2c(F)cccc12. The number of carbonyl (C=O) groups excluding carboxylic acids is 1. The van der Waals surface area contributed by atoms with E-state index in [0.29, 0.717) is 16.6 Å². The van der Waals surface area contributed by atoms with Crippen LogP contribution in [0.1, 0.15) is 33.4 Å². The van der Waals surface area contributed by atoms with E-state index in [1.807, 2.05) is 48.5 Å². The zero-order valence-electron chi connectivity index (χ0n) is 14.6. The van der Waals surface area contributed by atoms with E-state index in [4.69, 9.17) is 4.42 Å². The highest BCUT2D eigenvalue weighted by Crippen LogP contribution is 2.28. The van der Waals surface area contributed by atoms with Gasteiger partial charge in [0.05, 0.1) is 11.7 Å². The van der Waals surface area contributed by atoms with Crippen LogP contribution in [-0.2, 0) is 0 Å². The quantitative estimate of drug-likeness (QED) is 0.569. The van der Waals surface area contributed by atoms with Gasteiger partial charge in [0, 0.05) is 17.1 Å². The van der Waals surface area contributed by atoms with Crippen molar-refractivity contribution >= 4 is 16.9 Å². The first kappa shape index (κ1) is 17.0. The first-order valence-electron chi connectivity index (χ1n) is 8.59. The van der Waals surface area contributed by atoms with Gasteiger partial charge in [0.25, 0.3) is 5.91 Å². The van der Waals surface area contributed by atoms with Gasteiger partial charge in [-0.25, -0.2) is 4.39 Å². The third-order valence-corrected chi connectivity index (χ3v) is 4.51. The van der Waals surface area contributed by atoms with Crippen LogP contribution in [0.5, 0.6) is 0 Å². The lowest BCUT2D eigenvalue weighted by atomic mass is 10.0. The second-order valence-electron chi connectivity index (χ2n) is 6.24. The van der Waals surface area contributed by atoms with Crippen molar-refractivity contribution in [1.29, 1.82) is 0 Å². The van der Waals surface area contributed by atoms with E-state index in [1.54, 1.807) is 25.3 Å². The molecule has 0 bridgehead atoms. The lowest BCUT2D eigenvalue weighted by Crippen LogP contribution is -2.30. The monoisotopic (exact) mass is 360 g/mol. The number of aryl methyl sites for hydroxylation is 1. The zero-order valence-corrected chi connectivity index (χ0v) is 14.6. The first-order chi connectivity index (χ1) is 13.1. The number of nitrogens with one attached hydrogen (secondary N) is 1. The molecule has 2 aromatic heterocycles. The number of nitrogens with zero attached hydrogens (tertiary/aromatic N) is 1. The highest BCUT2D eigenvalue weighted by atomic mass is 19.1. The van der Waals surface area contributed by atoms with E-state index in [-0.39, 0.29) is 11.3 Å². The van der Waals surface area contributed by atoms with Gasteiger partial charge in [-0.3, -0.25) is 9.78 Å². The Balaban J connectivity index is 1.73. The van der Waals surface area contributed by atoms with E-state index in [9.17, 15) is 9.18 Å². The summed E-state index contributed by atoms with van der Waals surface area (Å²) in [7, 11) is 0. The maximum atomic E-state index is 14.0. The Kier molecular flexibility index (Phi) is 4.42. The molecule has 0 radical (unpaired) electrons. The molecule has 0 saturated heterocycles. The van der Waals surface area contributed by atoms with Gasteiger partial charge in [-0.1, -0.05) is 48.5 Å². The number of furan rings is 1. The van der Waals surface area contributed by atoms with Crippen molar-refractivity contribution in [3.05, 3.63) is 101 Å².